The predicted octanol–water partition coefficient (Wildman–Crippen LogP) is 4.54. The van der Waals surface area contributed by atoms with Gasteiger partial charge in [-0.05, 0) is 49.6 Å². The molecular formula is C19H19N3OS. The van der Waals surface area contributed by atoms with Gasteiger partial charge in [0.1, 0.15) is 0 Å². The fourth-order valence-corrected chi connectivity index (χ4v) is 3.90. The van der Waals surface area contributed by atoms with Gasteiger partial charge in [0, 0.05) is 18.7 Å². The van der Waals surface area contributed by atoms with E-state index in [2.05, 4.69) is 21.3 Å². The summed E-state index contributed by atoms with van der Waals surface area (Å²) in [5.74, 6) is -0.0743. The fraction of sp³-hybridized carbons (Fsp3) is 0.263. The van der Waals surface area contributed by atoms with Crippen LogP contribution < -0.4 is 10.2 Å². The van der Waals surface area contributed by atoms with E-state index in [0.29, 0.717) is 5.56 Å². The minimum atomic E-state index is -0.0743. The van der Waals surface area contributed by atoms with Crippen LogP contribution in [0.25, 0.3) is 10.2 Å². The van der Waals surface area contributed by atoms with E-state index in [4.69, 9.17) is 0 Å². The normalized spacial score (nSPS) is 14.8. The van der Waals surface area contributed by atoms with E-state index in [1.807, 2.05) is 36.4 Å². The zero-order valence-corrected chi connectivity index (χ0v) is 14.2. The van der Waals surface area contributed by atoms with Crippen LogP contribution >= 0.6 is 11.3 Å². The van der Waals surface area contributed by atoms with Crippen molar-refractivity contribution in [1.82, 2.24) is 4.98 Å². The van der Waals surface area contributed by atoms with Gasteiger partial charge in [0.15, 0.2) is 0 Å². The standard InChI is InChI=1S/C19H19N3OS/c23-19(14-8-9-16-18(12-14)24-13-20-16)21-15-6-2-3-7-17(15)22-10-4-1-5-11-22/h2-3,6-9,12-13H,1,4-5,10-11H2,(H,21,23). The third kappa shape index (κ3) is 2.99. The van der Waals surface area contributed by atoms with Gasteiger partial charge in [0.25, 0.3) is 5.91 Å². The summed E-state index contributed by atoms with van der Waals surface area (Å²) in [5.41, 5.74) is 5.40. The first kappa shape index (κ1) is 15.1. The molecular weight excluding hydrogens is 318 g/mol. The highest BCUT2D eigenvalue weighted by Gasteiger charge is 2.16. The predicted molar refractivity (Wildman–Crippen MR) is 100 cm³/mol. The number of rotatable bonds is 3. The minimum absolute atomic E-state index is 0.0743. The maximum atomic E-state index is 12.7. The Labute approximate surface area is 145 Å². The zero-order valence-electron chi connectivity index (χ0n) is 13.4. The van der Waals surface area contributed by atoms with E-state index in [9.17, 15) is 4.79 Å². The van der Waals surface area contributed by atoms with Gasteiger partial charge < -0.3 is 10.2 Å². The van der Waals surface area contributed by atoms with Crippen LogP contribution in [0.15, 0.2) is 48.0 Å². The number of amides is 1. The van der Waals surface area contributed by atoms with Crippen molar-refractivity contribution < 1.29 is 4.79 Å². The first-order valence-electron chi connectivity index (χ1n) is 8.30. The first-order valence-corrected chi connectivity index (χ1v) is 9.18. The molecule has 0 spiro atoms. The molecule has 1 aromatic heterocycles. The van der Waals surface area contributed by atoms with E-state index < -0.39 is 0 Å². The van der Waals surface area contributed by atoms with Gasteiger partial charge in [-0.3, -0.25) is 4.79 Å². The molecule has 5 heteroatoms. The molecule has 0 unspecified atom stereocenters. The molecule has 4 rings (SSSR count). The molecule has 0 saturated carbocycles. The third-order valence-electron chi connectivity index (χ3n) is 4.44. The molecule has 122 valence electrons. The van der Waals surface area contributed by atoms with Gasteiger partial charge in [-0.1, -0.05) is 12.1 Å². The SMILES string of the molecule is O=C(Nc1ccccc1N1CCCCC1)c1ccc2ncsc2c1. The van der Waals surface area contributed by atoms with Crippen LogP contribution in [0.2, 0.25) is 0 Å². The maximum absolute atomic E-state index is 12.7. The van der Waals surface area contributed by atoms with Crippen LogP contribution in [0.3, 0.4) is 0 Å². The molecule has 1 amide bonds. The van der Waals surface area contributed by atoms with Crippen molar-refractivity contribution in [3.63, 3.8) is 0 Å². The molecule has 1 aliphatic rings. The molecule has 1 N–H and O–H groups in total. The number of carbonyl (C=O) groups excluding carboxylic acids is 1. The van der Waals surface area contributed by atoms with Crippen molar-refractivity contribution in [3.8, 4) is 0 Å². The smallest absolute Gasteiger partial charge is 0.255 e. The number of benzene rings is 2. The Kier molecular flexibility index (Phi) is 4.17. The molecule has 2 aromatic carbocycles. The number of anilines is 2. The second-order valence-electron chi connectivity index (χ2n) is 6.05. The monoisotopic (exact) mass is 337 g/mol. The second kappa shape index (κ2) is 6.61. The van der Waals surface area contributed by atoms with Crippen molar-refractivity contribution in [2.75, 3.05) is 23.3 Å². The number of hydrogen-bond acceptors (Lipinski definition) is 4. The van der Waals surface area contributed by atoms with Crippen LogP contribution in [0.5, 0.6) is 0 Å². The number of nitrogens with zero attached hydrogens (tertiary/aromatic N) is 2. The van der Waals surface area contributed by atoms with Gasteiger partial charge in [0.2, 0.25) is 0 Å². The van der Waals surface area contributed by atoms with E-state index in [-0.39, 0.29) is 5.91 Å². The summed E-state index contributed by atoms with van der Waals surface area (Å²) in [4.78, 5) is 19.3. The Morgan fingerprint density at radius 3 is 2.79 bits per heavy atom. The number of nitrogens with one attached hydrogen (secondary N) is 1. The van der Waals surface area contributed by atoms with Crippen molar-refractivity contribution in [3.05, 3.63) is 53.5 Å². The Hall–Kier alpha value is -2.40. The quantitative estimate of drug-likeness (QED) is 0.763. The molecule has 4 nitrogen and oxygen atoms in total. The van der Waals surface area contributed by atoms with Crippen LogP contribution in [0.4, 0.5) is 11.4 Å². The Morgan fingerprint density at radius 1 is 1.08 bits per heavy atom. The number of aromatic nitrogens is 1. The second-order valence-corrected chi connectivity index (χ2v) is 6.94. The Morgan fingerprint density at radius 2 is 1.92 bits per heavy atom. The molecule has 3 aromatic rings. The van der Waals surface area contributed by atoms with E-state index in [1.54, 1.807) is 16.8 Å². The molecule has 1 saturated heterocycles. The van der Waals surface area contributed by atoms with Crippen molar-refractivity contribution in [1.29, 1.82) is 0 Å². The molecule has 1 aliphatic heterocycles. The Balaban J connectivity index is 1.59. The molecule has 0 radical (unpaired) electrons. The number of piperidine rings is 1. The highest BCUT2D eigenvalue weighted by Crippen LogP contribution is 2.29. The van der Waals surface area contributed by atoms with Gasteiger partial charge in [-0.25, -0.2) is 4.98 Å². The number of para-hydroxylation sites is 2. The van der Waals surface area contributed by atoms with Gasteiger partial charge in [0.05, 0.1) is 27.1 Å². The van der Waals surface area contributed by atoms with E-state index in [1.165, 1.54) is 19.3 Å². The topological polar surface area (TPSA) is 45.2 Å². The summed E-state index contributed by atoms with van der Waals surface area (Å²) in [7, 11) is 0. The molecule has 1 fully saturated rings. The lowest BCUT2D eigenvalue weighted by atomic mass is 10.1. The lowest BCUT2D eigenvalue weighted by Crippen LogP contribution is -2.30. The van der Waals surface area contributed by atoms with Gasteiger partial charge >= 0.3 is 0 Å². The average molecular weight is 337 g/mol. The van der Waals surface area contributed by atoms with Crippen LogP contribution in [0, 0.1) is 0 Å². The number of fused-ring (bicyclic) bond motifs is 1. The molecule has 0 bridgehead atoms. The number of carbonyl (C=O) groups is 1. The lowest BCUT2D eigenvalue weighted by Gasteiger charge is -2.30. The summed E-state index contributed by atoms with van der Waals surface area (Å²) in [6.07, 6.45) is 3.72. The first-order chi connectivity index (χ1) is 11.8. The van der Waals surface area contributed by atoms with Crippen molar-refractivity contribution in [2.24, 2.45) is 0 Å². The zero-order chi connectivity index (χ0) is 16.4. The minimum Gasteiger partial charge on any atom is -0.370 e. The molecule has 2 heterocycles. The summed E-state index contributed by atoms with van der Waals surface area (Å²) < 4.78 is 1.03. The molecule has 24 heavy (non-hydrogen) atoms. The largest absolute Gasteiger partial charge is 0.370 e. The van der Waals surface area contributed by atoms with Crippen LogP contribution in [0.1, 0.15) is 29.6 Å². The van der Waals surface area contributed by atoms with Gasteiger partial charge in [-0.2, -0.15) is 0 Å². The van der Waals surface area contributed by atoms with E-state index in [0.717, 1.165) is 34.7 Å². The maximum Gasteiger partial charge on any atom is 0.255 e. The van der Waals surface area contributed by atoms with Crippen LogP contribution in [-0.4, -0.2) is 24.0 Å². The highest BCUT2D eigenvalue weighted by atomic mass is 32.1. The summed E-state index contributed by atoms with van der Waals surface area (Å²) in [6.45, 7) is 2.11. The fourth-order valence-electron chi connectivity index (χ4n) is 3.18. The van der Waals surface area contributed by atoms with E-state index >= 15 is 0 Å². The van der Waals surface area contributed by atoms with Gasteiger partial charge in [-0.15, -0.1) is 11.3 Å². The molecule has 0 aliphatic carbocycles. The summed E-state index contributed by atoms with van der Waals surface area (Å²) in [5, 5.41) is 3.08. The van der Waals surface area contributed by atoms with Crippen molar-refractivity contribution in [2.45, 2.75) is 19.3 Å². The number of hydrogen-bond donors (Lipinski definition) is 1. The summed E-state index contributed by atoms with van der Waals surface area (Å²) >= 11 is 1.55. The summed E-state index contributed by atoms with van der Waals surface area (Å²) in [6, 6.07) is 13.7. The highest BCUT2D eigenvalue weighted by molar-refractivity contribution is 7.16. The van der Waals surface area contributed by atoms with Crippen molar-refractivity contribution >= 4 is 38.8 Å². The van der Waals surface area contributed by atoms with Crippen LogP contribution in [-0.2, 0) is 0 Å². The number of thiazole rings is 1. The third-order valence-corrected chi connectivity index (χ3v) is 5.23. The lowest BCUT2D eigenvalue weighted by molar-refractivity contribution is 0.102. The molecule has 0 atom stereocenters. The Bertz CT molecular complexity index is 868. The average Bonchev–Trinajstić information content (AvgIpc) is 3.10.